The zero-order valence-electron chi connectivity index (χ0n) is 33.1. The molecule has 1 N–H and O–H groups in total. The van der Waals surface area contributed by atoms with Crippen LogP contribution in [0.2, 0.25) is 0 Å². The van der Waals surface area contributed by atoms with Crippen LogP contribution >= 0.6 is 0 Å². The number of benzene rings is 3. The molecular formula is C45H49N7O5. The van der Waals surface area contributed by atoms with Gasteiger partial charge in [0.15, 0.2) is 0 Å². The fourth-order valence-electron chi connectivity index (χ4n) is 9.00. The minimum atomic E-state index is -1.04. The number of aromatic nitrogens is 1. The van der Waals surface area contributed by atoms with E-state index in [2.05, 4.69) is 80.6 Å². The van der Waals surface area contributed by atoms with Crippen LogP contribution in [0.15, 0.2) is 65.2 Å². The van der Waals surface area contributed by atoms with Crippen molar-refractivity contribution in [2.45, 2.75) is 76.8 Å². The number of carbonyl (C=O) groups excluding carboxylic acids is 4. The molecule has 3 amide bonds. The molecule has 1 unspecified atom stereocenters. The minimum Gasteiger partial charge on any atom is -0.368 e. The molecule has 4 aliphatic rings. The van der Waals surface area contributed by atoms with Crippen molar-refractivity contribution in [1.82, 2.24) is 20.3 Å². The molecule has 1 saturated carbocycles. The van der Waals surface area contributed by atoms with Crippen LogP contribution in [-0.4, -0.2) is 90.8 Å². The highest BCUT2D eigenvalue weighted by molar-refractivity contribution is 6.23. The molecule has 3 fully saturated rings. The predicted octanol–water partition coefficient (Wildman–Crippen LogP) is 6.25. The minimum absolute atomic E-state index is 0.0673. The molecule has 0 bridgehead atoms. The van der Waals surface area contributed by atoms with Gasteiger partial charge < -0.3 is 24.4 Å². The third-order valence-electron chi connectivity index (χ3n) is 12.7. The Balaban J connectivity index is 0.938. The molecule has 3 aromatic carbocycles. The smallest absolute Gasteiger partial charge is 0.262 e. The second kappa shape index (κ2) is 15.3. The molecule has 0 radical (unpaired) electrons. The molecule has 294 valence electrons. The number of hydrogen-bond donors (Lipinski definition) is 1. The number of nitrogens with zero attached hydrogens (tertiary/aromatic N) is 6. The van der Waals surface area contributed by atoms with Gasteiger partial charge in [-0.25, -0.2) is 0 Å². The fraction of sp³-hybridized carbons (Fsp3) is 0.422. The van der Waals surface area contributed by atoms with Gasteiger partial charge in [0.25, 0.3) is 11.8 Å². The van der Waals surface area contributed by atoms with Gasteiger partial charge in [-0.3, -0.25) is 24.2 Å². The summed E-state index contributed by atoms with van der Waals surface area (Å²) in [6.07, 6.45) is 4.80. The number of nitriles is 1. The van der Waals surface area contributed by atoms with Crippen LogP contribution in [0.3, 0.4) is 0 Å². The standard InChI is InChI=1S/C45H49N7O5/c1-28-7-8-32(41-29(2)48-57-30(41)3)22-40(28)51(34-11-9-33(10-12-34)45(27-46)17-18-45)24-31-15-19-49(20-16-31)36-25-50(26-36)35-13-14-37-38(23-35)44(56)52(43(37)55)39(6-5-21-53)42(54)47-4/h7-14,21-23,31,36,39H,5-6,15-20,24-26H2,1-4H3,(H,47,54). The summed E-state index contributed by atoms with van der Waals surface area (Å²) in [7, 11) is 1.45. The molecular weight excluding hydrogens is 719 g/mol. The van der Waals surface area contributed by atoms with Gasteiger partial charge in [0.2, 0.25) is 5.91 Å². The first-order chi connectivity index (χ1) is 27.5. The average Bonchev–Trinajstić information content (AvgIpc) is 3.89. The molecule has 12 heteroatoms. The van der Waals surface area contributed by atoms with Crippen molar-refractivity contribution in [3.05, 3.63) is 94.4 Å². The lowest BCUT2D eigenvalue weighted by Crippen LogP contribution is -2.61. The van der Waals surface area contributed by atoms with Crippen molar-refractivity contribution < 1.29 is 23.7 Å². The Labute approximate surface area is 333 Å². The normalized spacial score (nSPS) is 18.5. The Morgan fingerprint density at radius 1 is 1.02 bits per heavy atom. The quantitative estimate of drug-likeness (QED) is 0.123. The van der Waals surface area contributed by atoms with Gasteiger partial charge in [-0.1, -0.05) is 29.4 Å². The first-order valence-corrected chi connectivity index (χ1v) is 20.0. The number of aldehydes is 1. The second-order valence-electron chi connectivity index (χ2n) is 16.2. The molecule has 1 aliphatic carbocycles. The SMILES string of the molecule is CNC(=O)C(CCC=O)N1C(=O)c2ccc(N3CC(N4CCC(CN(c5ccc(C6(C#N)CC6)cc5)c5cc(-c6c(C)noc6C)ccc5C)CC4)C3)cc2C1=O. The van der Waals surface area contributed by atoms with Crippen LogP contribution in [0.1, 0.15) is 81.8 Å². The summed E-state index contributed by atoms with van der Waals surface area (Å²) in [4.78, 5) is 58.7. The van der Waals surface area contributed by atoms with E-state index in [9.17, 15) is 24.4 Å². The molecule has 4 aromatic rings. The lowest BCUT2D eigenvalue weighted by Gasteiger charge is -2.49. The summed E-state index contributed by atoms with van der Waals surface area (Å²) in [6.45, 7) is 10.6. The summed E-state index contributed by atoms with van der Waals surface area (Å²) in [5.74, 6) is -0.198. The van der Waals surface area contributed by atoms with E-state index >= 15 is 0 Å². The summed E-state index contributed by atoms with van der Waals surface area (Å²) in [5.41, 5.74) is 8.67. The Morgan fingerprint density at radius 3 is 2.37 bits per heavy atom. The number of fused-ring (bicyclic) bond motifs is 1. The van der Waals surface area contributed by atoms with Crippen molar-refractivity contribution >= 4 is 41.1 Å². The molecule has 12 nitrogen and oxygen atoms in total. The molecule has 1 atom stereocenters. The Hall–Kier alpha value is -5.80. The van der Waals surface area contributed by atoms with Gasteiger partial charge in [-0.05, 0) is 125 Å². The van der Waals surface area contributed by atoms with E-state index in [0.717, 1.165) is 109 Å². The highest BCUT2D eigenvalue weighted by atomic mass is 16.5. The van der Waals surface area contributed by atoms with Crippen molar-refractivity contribution in [2.75, 3.05) is 49.6 Å². The van der Waals surface area contributed by atoms with Gasteiger partial charge in [0.1, 0.15) is 18.1 Å². The van der Waals surface area contributed by atoms with Crippen LogP contribution in [0.5, 0.6) is 0 Å². The highest BCUT2D eigenvalue weighted by Crippen LogP contribution is 2.48. The van der Waals surface area contributed by atoms with Crippen LogP contribution in [-0.2, 0) is 15.0 Å². The van der Waals surface area contributed by atoms with E-state index in [0.29, 0.717) is 23.8 Å². The topological polar surface area (TPSA) is 143 Å². The fourth-order valence-corrected chi connectivity index (χ4v) is 9.00. The zero-order chi connectivity index (χ0) is 40.0. The third kappa shape index (κ3) is 6.99. The molecule has 1 aromatic heterocycles. The van der Waals surface area contributed by atoms with Crippen LogP contribution in [0, 0.1) is 38.0 Å². The number of aryl methyl sites for hydroxylation is 3. The van der Waals surface area contributed by atoms with Gasteiger partial charge >= 0.3 is 0 Å². The van der Waals surface area contributed by atoms with Crippen molar-refractivity contribution in [1.29, 1.82) is 5.26 Å². The molecule has 8 rings (SSSR count). The first-order valence-electron chi connectivity index (χ1n) is 20.0. The Morgan fingerprint density at radius 2 is 1.74 bits per heavy atom. The molecule has 0 spiro atoms. The number of amides is 3. The zero-order valence-corrected chi connectivity index (χ0v) is 33.1. The van der Waals surface area contributed by atoms with Crippen LogP contribution < -0.4 is 15.1 Å². The van der Waals surface area contributed by atoms with E-state index in [4.69, 9.17) is 4.52 Å². The second-order valence-corrected chi connectivity index (χ2v) is 16.2. The monoisotopic (exact) mass is 767 g/mol. The number of carbonyl (C=O) groups is 4. The maximum atomic E-state index is 13.5. The van der Waals surface area contributed by atoms with E-state index < -0.39 is 23.8 Å². The van der Waals surface area contributed by atoms with Gasteiger partial charge in [0, 0.05) is 61.8 Å². The summed E-state index contributed by atoms with van der Waals surface area (Å²) in [6, 6.07) is 22.5. The maximum Gasteiger partial charge on any atom is 0.262 e. The van der Waals surface area contributed by atoms with Crippen molar-refractivity contribution in [2.24, 2.45) is 5.92 Å². The number of piperidine rings is 1. The van der Waals surface area contributed by atoms with E-state index in [1.54, 1.807) is 12.1 Å². The van der Waals surface area contributed by atoms with E-state index in [-0.39, 0.29) is 23.8 Å². The lowest BCUT2D eigenvalue weighted by atomic mass is 9.92. The van der Waals surface area contributed by atoms with Gasteiger partial charge in [-0.15, -0.1) is 0 Å². The van der Waals surface area contributed by atoms with Crippen molar-refractivity contribution in [3.8, 4) is 17.2 Å². The number of likely N-dealkylation sites (N-methyl/N-ethyl adjacent to an activating group) is 1. The molecule has 4 heterocycles. The Kier molecular flexibility index (Phi) is 10.2. The maximum absolute atomic E-state index is 13.5. The molecule has 3 aliphatic heterocycles. The molecule has 57 heavy (non-hydrogen) atoms. The summed E-state index contributed by atoms with van der Waals surface area (Å²) < 4.78 is 5.54. The predicted molar refractivity (Wildman–Crippen MR) is 217 cm³/mol. The average molecular weight is 768 g/mol. The number of likely N-dealkylation sites (tertiary alicyclic amines) is 1. The van der Waals surface area contributed by atoms with E-state index in [1.807, 2.05) is 19.9 Å². The summed E-state index contributed by atoms with van der Waals surface area (Å²) >= 11 is 0. The largest absolute Gasteiger partial charge is 0.368 e. The number of rotatable bonds is 13. The van der Waals surface area contributed by atoms with Crippen LogP contribution in [0.4, 0.5) is 17.1 Å². The number of hydrogen-bond acceptors (Lipinski definition) is 10. The van der Waals surface area contributed by atoms with Crippen molar-refractivity contribution in [3.63, 3.8) is 0 Å². The number of anilines is 3. The van der Waals surface area contributed by atoms with E-state index in [1.165, 1.54) is 12.6 Å². The van der Waals surface area contributed by atoms with Gasteiger partial charge in [0.05, 0.1) is 28.3 Å². The van der Waals surface area contributed by atoms with Gasteiger partial charge in [-0.2, -0.15) is 5.26 Å². The number of nitrogens with one attached hydrogen (secondary N) is 1. The van der Waals surface area contributed by atoms with Crippen LogP contribution in [0.25, 0.3) is 11.1 Å². The summed E-state index contributed by atoms with van der Waals surface area (Å²) in [5, 5.41) is 16.6. The third-order valence-corrected chi connectivity index (χ3v) is 12.7. The Bertz CT molecular complexity index is 2240. The first kappa shape index (κ1) is 38.1. The molecule has 2 saturated heterocycles. The number of imide groups is 1. The highest BCUT2D eigenvalue weighted by Gasteiger charge is 2.45. The lowest BCUT2D eigenvalue weighted by molar-refractivity contribution is -0.124.